The van der Waals surface area contributed by atoms with Crippen LogP contribution in [0.15, 0.2) is 46.9 Å². The summed E-state index contributed by atoms with van der Waals surface area (Å²) in [5, 5.41) is 3.45. The van der Waals surface area contributed by atoms with Gasteiger partial charge in [-0.2, -0.15) is 0 Å². The van der Waals surface area contributed by atoms with Crippen molar-refractivity contribution in [3.63, 3.8) is 0 Å². The molecular weight excluding hydrogens is 298 g/mol. The third-order valence-corrected chi connectivity index (χ3v) is 4.12. The molecule has 0 aliphatic carbocycles. The Hall–Kier alpha value is -1.12. The van der Waals surface area contributed by atoms with Gasteiger partial charge in [-0.3, -0.25) is 0 Å². The average Bonchev–Trinajstić information content (AvgIpc) is 2.39. The molecule has 0 aliphatic heterocycles. The Labute approximate surface area is 124 Å². The van der Waals surface area contributed by atoms with Crippen molar-refractivity contribution in [2.24, 2.45) is 0 Å². The summed E-state index contributed by atoms with van der Waals surface area (Å²) in [6.45, 7) is 4.38. The van der Waals surface area contributed by atoms with Gasteiger partial charge in [0.1, 0.15) is 0 Å². The first kappa shape index (κ1) is 14.3. The van der Waals surface area contributed by atoms with E-state index < -0.39 is 0 Å². The maximum Gasteiger partial charge on any atom is 0.0363 e. The fourth-order valence-corrected chi connectivity index (χ4v) is 2.85. The van der Waals surface area contributed by atoms with E-state index in [1.54, 1.807) is 0 Å². The molecule has 1 atom stereocenters. The van der Waals surface area contributed by atoms with Crippen LogP contribution < -0.4 is 5.32 Å². The van der Waals surface area contributed by atoms with Crippen molar-refractivity contribution in [3.05, 3.63) is 69.2 Å². The summed E-state index contributed by atoms with van der Waals surface area (Å²) in [4.78, 5) is 0. The molecule has 2 rings (SSSR count). The van der Waals surface area contributed by atoms with Gasteiger partial charge in [-0.1, -0.05) is 46.3 Å². The first-order valence-corrected chi connectivity index (χ1v) is 7.39. The smallest absolute Gasteiger partial charge is 0.0363 e. The second kappa shape index (κ2) is 6.36. The van der Waals surface area contributed by atoms with E-state index in [2.05, 4.69) is 77.6 Å². The molecule has 0 aliphatic rings. The number of likely N-dealkylation sites (N-methyl/N-ethyl adjacent to an activating group) is 1. The Morgan fingerprint density at radius 2 is 1.58 bits per heavy atom. The number of benzene rings is 2. The van der Waals surface area contributed by atoms with E-state index in [-0.39, 0.29) is 0 Å². The molecule has 0 bridgehead atoms. The van der Waals surface area contributed by atoms with Crippen LogP contribution in [-0.2, 0) is 6.42 Å². The minimum Gasteiger partial charge on any atom is -0.313 e. The number of halogens is 1. The van der Waals surface area contributed by atoms with Crippen LogP contribution in [-0.4, -0.2) is 7.05 Å². The van der Waals surface area contributed by atoms with Crippen molar-refractivity contribution in [2.75, 3.05) is 7.05 Å². The van der Waals surface area contributed by atoms with E-state index in [0.29, 0.717) is 6.04 Å². The molecule has 2 heteroatoms. The van der Waals surface area contributed by atoms with Crippen LogP contribution >= 0.6 is 15.9 Å². The van der Waals surface area contributed by atoms with Crippen LogP contribution in [0, 0.1) is 13.8 Å². The summed E-state index contributed by atoms with van der Waals surface area (Å²) in [5.74, 6) is 0. The molecule has 0 fully saturated rings. The quantitative estimate of drug-likeness (QED) is 0.871. The molecule has 0 saturated carbocycles. The third-order valence-electron chi connectivity index (χ3n) is 3.59. The van der Waals surface area contributed by atoms with E-state index in [0.717, 1.165) is 10.9 Å². The van der Waals surface area contributed by atoms with Gasteiger partial charge < -0.3 is 5.32 Å². The summed E-state index contributed by atoms with van der Waals surface area (Å²) in [6, 6.07) is 15.4. The summed E-state index contributed by atoms with van der Waals surface area (Å²) in [6.07, 6.45) is 1.01. The van der Waals surface area contributed by atoms with Crippen molar-refractivity contribution in [2.45, 2.75) is 26.3 Å². The molecule has 1 unspecified atom stereocenters. The normalized spacial score (nSPS) is 12.4. The topological polar surface area (TPSA) is 12.0 Å². The highest BCUT2D eigenvalue weighted by atomic mass is 79.9. The van der Waals surface area contributed by atoms with Crippen LogP contribution in [0.3, 0.4) is 0 Å². The Morgan fingerprint density at radius 1 is 1.00 bits per heavy atom. The lowest BCUT2D eigenvalue weighted by Gasteiger charge is -2.21. The average molecular weight is 318 g/mol. The second-order valence-electron chi connectivity index (χ2n) is 4.98. The van der Waals surface area contributed by atoms with Gasteiger partial charge in [0.25, 0.3) is 0 Å². The first-order valence-electron chi connectivity index (χ1n) is 6.59. The van der Waals surface area contributed by atoms with Crippen molar-refractivity contribution in [3.8, 4) is 0 Å². The molecule has 0 radical (unpaired) electrons. The summed E-state index contributed by atoms with van der Waals surface area (Å²) in [5.41, 5.74) is 5.49. The van der Waals surface area contributed by atoms with Crippen molar-refractivity contribution >= 4 is 15.9 Å². The number of nitrogens with one attached hydrogen (secondary N) is 1. The van der Waals surface area contributed by atoms with Gasteiger partial charge in [0.15, 0.2) is 0 Å². The molecule has 2 aromatic rings. The standard InChI is InChI=1S/C17H20BrN/c1-12-5-4-6-13(2)17(12)16(19-3)11-14-7-9-15(18)10-8-14/h4-10,16,19H,11H2,1-3H3. The summed E-state index contributed by atoms with van der Waals surface area (Å²) >= 11 is 3.48. The maximum absolute atomic E-state index is 3.48. The van der Waals surface area contributed by atoms with E-state index >= 15 is 0 Å². The third kappa shape index (κ3) is 3.46. The number of hydrogen-bond acceptors (Lipinski definition) is 1. The fraction of sp³-hybridized carbons (Fsp3) is 0.294. The minimum absolute atomic E-state index is 0.363. The van der Waals surface area contributed by atoms with Crippen LogP contribution in [0.4, 0.5) is 0 Å². The number of rotatable bonds is 4. The Morgan fingerprint density at radius 3 is 2.11 bits per heavy atom. The highest BCUT2D eigenvalue weighted by Gasteiger charge is 2.14. The van der Waals surface area contributed by atoms with Crippen molar-refractivity contribution < 1.29 is 0 Å². The van der Waals surface area contributed by atoms with Crippen LogP contribution in [0.2, 0.25) is 0 Å². The van der Waals surface area contributed by atoms with E-state index in [1.165, 1.54) is 22.3 Å². The first-order chi connectivity index (χ1) is 9.11. The van der Waals surface area contributed by atoms with E-state index in [4.69, 9.17) is 0 Å². The molecular formula is C17H20BrN. The molecule has 2 aromatic carbocycles. The zero-order chi connectivity index (χ0) is 13.8. The zero-order valence-electron chi connectivity index (χ0n) is 11.7. The molecule has 19 heavy (non-hydrogen) atoms. The maximum atomic E-state index is 3.48. The van der Waals surface area contributed by atoms with Gasteiger partial charge >= 0.3 is 0 Å². The molecule has 0 spiro atoms. The molecule has 0 amide bonds. The zero-order valence-corrected chi connectivity index (χ0v) is 13.3. The van der Waals surface area contributed by atoms with Gasteiger partial charge in [-0.25, -0.2) is 0 Å². The number of hydrogen-bond donors (Lipinski definition) is 1. The summed E-state index contributed by atoms with van der Waals surface area (Å²) in [7, 11) is 2.04. The highest BCUT2D eigenvalue weighted by molar-refractivity contribution is 9.10. The van der Waals surface area contributed by atoms with Crippen molar-refractivity contribution in [1.82, 2.24) is 5.32 Å². The van der Waals surface area contributed by atoms with Crippen molar-refractivity contribution in [1.29, 1.82) is 0 Å². The number of aryl methyl sites for hydroxylation is 2. The molecule has 0 saturated heterocycles. The van der Waals surface area contributed by atoms with Gasteiger partial charge in [0.2, 0.25) is 0 Å². The predicted molar refractivity (Wildman–Crippen MR) is 85.6 cm³/mol. The van der Waals surface area contributed by atoms with Crippen LogP contribution in [0.5, 0.6) is 0 Å². The predicted octanol–water partition coefficient (Wildman–Crippen LogP) is 4.57. The second-order valence-corrected chi connectivity index (χ2v) is 5.89. The molecule has 0 aromatic heterocycles. The van der Waals surface area contributed by atoms with Gasteiger partial charge in [0, 0.05) is 10.5 Å². The van der Waals surface area contributed by atoms with Gasteiger partial charge in [0.05, 0.1) is 0 Å². The summed E-state index contributed by atoms with van der Waals surface area (Å²) < 4.78 is 1.13. The Kier molecular flexibility index (Phi) is 4.78. The molecule has 0 heterocycles. The highest BCUT2D eigenvalue weighted by Crippen LogP contribution is 2.25. The SMILES string of the molecule is CNC(Cc1ccc(Br)cc1)c1c(C)cccc1C. The Balaban J connectivity index is 2.27. The van der Waals surface area contributed by atoms with Crippen LogP contribution in [0.25, 0.3) is 0 Å². The fourth-order valence-electron chi connectivity index (χ4n) is 2.58. The minimum atomic E-state index is 0.363. The monoisotopic (exact) mass is 317 g/mol. The van der Waals surface area contributed by atoms with Crippen LogP contribution in [0.1, 0.15) is 28.3 Å². The molecule has 1 nitrogen and oxygen atoms in total. The van der Waals surface area contributed by atoms with E-state index in [1.807, 2.05) is 7.05 Å². The lowest BCUT2D eigenvalue weighted by atomic mass is 9.92. The molecule has 1 N–H and O–H groups in total. The Bertz CT molecular complexity index is 525. The largest absolute Gasteiger partial charge is 0.313 e. The van der Waals surface area contributed by atoms with Gasteiger partial charge in [-0.05, 0) is 61.7 Å². The lowest BCUT2D eigenvalue weighted by molar-refractivity contribution is 0.586. The lowest BCUT2D eigenvalue weighted by Crippen LogP contribution is -2.20. The van der Waals surface area contributed by atoms with E-state index in [9.17, 15) is 0 Å². The molecule has 100 valence electrons. The van der Waals surface area contributed by atoms with Gasteiger partial charge in [-0.15, -0.1) is 0 Å².